The normalized spacial score (nSPS) is 29.2. The van der Waals surface area contributed by atoms with Crippen molar-refractivity contribution in [1.29, 1.82) is 0 Å². The van der Waals surface area contributed by atoms with E-state index in [2.05, 4.69) is 23.4 Å². The van der Waals surface area contributed by atoms with Crippen LogP contribution in [0.15, 0.2) is 24.3 Å². The fourth-order valence-electron chi connectivity index (χ4n) is 5.00. The molecular weight excluding hydrogens is 416 g/mol. The highest BCUT2D eigenvalue weighted by Gasteiger charge is 2.58. The maximum Gasteiger partial charge on any atom is 0.414 e. The molecular formula is C23H36N2O7. The number of nitrogens with zero attached hydrogens (tertiary/aromatic N) is 1. The number of phenolic OH excluding ortho intramolecular Hbond substituents is 1. The Morgan fingerprint density at radius 2 is 1.88 bits per heavy atom. The van der Waals surface area contributed by atoms with Crippen molar-refractivity contribution < 1.29 is 34.9 Å². The summed E-state index contributed by atoms with van der Waals surface area (Å²) in [6, 6.07) is 7.53. The maximum atomic E-state index is 11.5. The number of nitrogens with one attached hydrogen (secondary N) is 1. The number of aromatic hydroxyl groups is 1. The van der Waals surface area contributed by atoms with Gasteiger partial charge in [-0.15, -0.1) is 0 Å². The second-order valence-corrected chi connectivity index (χ2v) is 9.33. The summed E-state index contributed by atoms with van der Waals surface area (Å²) in [5.74, 6) is -2.59. The number of rotatable bonds is 7. The molecule has 3 rings (SSSR count). The molecule has 1 aromatic carbocycles. The van der Waals surface area contributed by atoms with Crippen molar-refractivity contribution in [2.45, 2.75) is 50.5 Å². The van der Waals surface area contributed by atoms with Gasteiger partial charge in [-0.3, -0.25) is 0 Å². The fraction of sp³-hybridized carbons (Fsp3) is 0.652. The molecule has 0 saturated heterocycles. The Kier molecular flexibility index (Phi) is 9.03. The van der Waals surface area contributed by atoms with Crippen molar-refractivity contribution in [2.24, 2.45) is 11.3 Å². The minimum absolute atomic E-state index is 0.0712. The van der Waals surface area contributed by atoms with Crippen LogP contribution in [0.3, 0.4) is 0 Å². The van der Waals surface area contributed by atoms with Crippen molar-refractivity contribution in [3.05, 3.63) is 29.8 Å². The number of carboxylic acid groups (broad SMARTS) is 2. The zero-order chi connectivity index (χ0) is 23.9. The van der Waals surface area contributed by atoms with Crippen LogP contribution in [0.1, 0.15) is 50.5 Å². The summed E-state index contributed by atoms with van der Waals surface area (Å²) in [5, 5.41) is 36.0. The van der Waals surface area contributed by atoms with Gasteiger partial charge >= 0.3 is 11.9 Å². The van der Waals surface area contributed by atoms with E-state index in [-0.39, 0.29) is 5.41 Å². The van der Waals surface area contributed by atoms with Crippen LogP contribution in [0.5, 0.6) is 5.75 Å². The van der Waals surface area contributed by atoms with Gasteiger partial charge < -0.3 is 30.2 Å². The average molecular weight is 453 g/mol. The third-order valence-electron chi connectivity index (χ3n) is 7.06. The smallest absolute Gasteiger partial charge is 0.414 e. The van der Waals surface area contributed by atoms with Gasteiger partial charge in [-0.05, 0) is 75.7 Å². The number of aliphatic carboxylic acids is 2. The number of phenols is 1. The number of fused-ring (bicyclic) bond motifs is 1. The van der Waals surface area contributed by atoms with Gasteiger partial charge in [-0.1, -0.05) is 19.1 Å². The SMILES string of the molecule is CN(C)CCONC[C@H]1CC[C@]2(O)C[C@@H](c3cccc(O)c3)CC[C@]12C.O=C(O)C(=O)O. The molecule has 2 aliphatic rings. The van der Waals surface area contributed by atoms with Crippen LogP contribution < -0.4 is 5.48 Å². The predicted molar refractivity (Wildman–Crippen MR) is 118 cm³/mol. The van der Waals surface area contributed by atoms with E-state index < -0.39 is 17.5 Å². The number of carbonyl (C=O) groups is 2. The molecule has 4 atom stereocenters. The average Bonchev–Trinajstić information content (AvgIpc) is 2.98. The monoisotopic (exact) mass is 452 g/mol. The lowest BCUT2D eigenvalue weighted by Gasteiger charge is -2.49. The largest absolute Gasteiger partial charge is 0.508 e. The summed E-state index contributed by atoms with van der Waals surface area (Å²) in [6.07, 6.45) is 4.73. The number of hydroxylamine groups is 1. The van der Waals surface area contributed by atoms with E-state index in [0.29, 0.717) is 24.2 Å². The van der Waals surface area contributed by atoms with E-state index in [1.165, 1.54) is 0 Å². The summed E-state index contributed by atoms with van der Waals surface area (Å²) in [4.78, 5) is 25.9. The lowest BCUT2D eigenvalue weighted by molar-refractivity contribution is -0.159. The highest BCUT2D eigenvalue weighted by Crippen LogP contribution is 2.60. The summed E-state index contributed by atoms with van der Waals surface area (Å²) < 4.78 is 0. The number of hydrogen-bond acceptors (Lipinski definition) is 7. The van der Waals surface area contributed by atoms with Crippen LogP contribution in [0, 0.1) is 11.3 Å². The third-order valence-corrected chi connectivity index (χ3v) is 7.06. The Bertz CT molecular complexity index is 775. The van der Waals surface area contributed by atoms with Gasteiger partial charge in [0.05, 0.1) is 12.2 Å². The topological polar surface area (TPSA) is 140 Å². The molecule has 0 aliphatic heterocycles. The quantitative estimate of drug-likeness (QED) is 0.239. The minimum Gasteiger partial charge on any atom is -0.508 e. The summed E-state index contributed by atoms with van der Waals surface area (Å²) in [6.45, 7) is 4.61. The molecule has 32 heavy (non-hydrogen) atoms. The molecule has 0 aromatic heterocycles. The zero-order valence-corrected chi connectivity index (χ0v) is 19.1. The first-order valence-corrected chi connectivity index (χ1v) is 11.0. The number of aliphatic hydroxyl groups is 1. The molecule has 2 saturated carbocycles. The van der Waals surface area contributed by atoms with Gasteiger partial charge in [0.2, 0.25) is 0 Å². The lowest BCUT2D eigenvalue weighted by atomic mass is 9.59. The number of hydrogen-bond donors (Lipinski definition) is 5. The lowest BCUT2D eigenvalue weighted by Crippen LogP contribution is -2.50. The van der Waals surface area contributed by atoms with Gasteiger partial charge in [0, 0.05) is 18.5 Å². The van der Waals surface area contributed by atoms with Crippen LogP contribution in [0.2, 0.25) is 0 Å². The predicted octanol–water partition coefficient (Wildman–Crippen LogP) is 2.05. The first kappa shape index (κ1) is 26.1. The van der Waals surface area contributed by atoms with Gasteiger partial charge in [-0.25, -0.2) is 15.1 Å². The summed E-state index contributed by atoms with van der Waals surface area (Å²) in [5.41, 5.74) is 3.59. The van der Waals surface area contributed by atoms with E-state index >= 15 is 0 Å². The fourth-order valence-corrected chi connectivity index (χ4v) is 5.00. The van der Waals surface area contributed by atoms with Gasteiger partial charge in [0.15, 0.2) is 0 Å². The van der Waals surface area contributed by atoms with E-state index in [1.54, 1.807) is 6.07 Å². The first-order valence-electron chi connectivity index (χ1n) is 11.0. The maximum absolute atomic E-state index is 11.5. The molecule has 0 unspecified atom stereocenters. The second-order valence-electron chi connectivity index (χ2n) is 9.33. The molecule has 180 valence electrons. The van der Waals surface area contributed by atoms with Crippen LogP contribution >= 0.6 is 0 Å². The molecule has 0 bridgehead atoms. The number of benzene rings is 1. The molecule has 9 heteroatoms. The van der Waals surface area contributed by atoms with E-state index in [0.717, 1.165) is 50.8 Å². The number of carboxylic acids is 2. The van der Waals surface area contributed by atoms with Crippen LogP contribution in [-0.2, 0) is 14.4 Å². The number of likely N-dealkylation sites (N-methyl/N-ethyl adjacent to an activating group) is 1. The standard InChI is InChI=1S/C21H34N2O3.C2H2O4/c1-20-9-7-17(16-5-4-6-19(24)13-16)14-21(20,25)10-8-18(20)15-22-26-12-11-23(2)3;3-1(4)2(5)6/h4-6,13,17-18,22,24-25H,7-12,14-15H2,1-3H3;(H,3,4)(H,5,6)/t17-,18+,20+,21-;/m0./s1. The molecule has 2 aliphatic carbocycles. The van der Waals surface area contributed by atoms with Crippen molar-refractivity contribution in [3.8, 4) is 5.75 Å². The third kappa shape index (κ3) is 6.41. The minimum atomic E-state index is -1.82. The molecule has 5 N–H and O–H groups in total. The molecule has 1 aromatic rings. The Hall–Kier alpha value is -2.20. The van der Waals surface area contributed by atoms with E-state index in [4.69, 9.17) is 24.6 Å². The molecule has 0 radical (unpaired) electrons. The molecule has 0 heterocycles. The zero-order valence-electron chi connectivity index (χ0n) is 19.1. The highest BCUT2D eigenvalue weighted by molar-refractivity contribution is 6.27. The molecule has 0 spiro atoms. The molecule has 2 fully saturated rings. The van der Waals surface area contributed by atoms with Crippen molar-refractivity contribution >= 4 is 11.9 Å². The van der Waals surface area contributed by atoms with Gasteiger partial charge in [0.25, 0.3) is 0 Å². The Labute approximate surface area is 189 Å². The summed E-state index contributed by atoms with van der Waals surface area (Å²) >= 11 is 0. The van der Waals surface area contributed by atoms with E-state index in [9.17, 15) is 10.2 Å². The van der Waals surface area contributed by atoms with Gasteiger partial charge in [0.1, 0.15) is 5.75 Å². The van der Waals surface area contributed by atoms with Crippen LogP contribution in [0.25, 0.3) is 0 Å². The van der Waals surface area contributed by atoms with Crippen molar-refractivity contribution in [1.82, 2.24) is 10.4 Å². The second kappa shape index (κ2) is 11.1. The van der Waals surface area contributed by atoms with Crippen molar-refractivity contribution in [3.63, 3.8) is 0 Å². The summed E-state index contributed by atoms with van der Waals surface area (Å²) in [7, 11) is 4.07. The Morgan fingerprint density at radius 3 is 2.47 bits per heavy atom. The van der Waals surface area contributed by atoms with Crippen LogP contribution in [0.4, 0.5) is 0 Å². The van der Waals surface area contributed by atoms with Crippen molar-refractivity contribution in [2.75, 3.05) is 33.8 Å². The molecule has 0 amide bonds. The Balaban J connectivity index is 0.000000534. The first-order chi connectivity index (χ1) is 15.0. The van der Waals surface area contributed by atoms with Crippen LogP contribution in [-0.4, -0.2) is 76.7 Å². The molecule has 9 nitrogen and oxygen atoms in total. The Morgan fingerprint density at radius 1 is 1.19 bits per heavy atom. The van der Waals surface area contributed by atoms with E-state index in [1.807, 2.05) is 26.2 Å². The van der Waals surface area contributed by atoms with Gasteiger partial charge in [-0.2, -0.15) is 0 Å². The highest BCUT2D eigenvalue weighted by atomic mass is 16.6.